The topological polar surface area (TPSA) is 76.9 Å². The number of anilines is 1. The van der Waals surface area contributed by atoms with Crippen molar-refractivity contribution in [2.24, 2.45) is 0 Å². The Balaban J connectivity index is 1.66. The van der Waals surface area contributed by atoms with Crippen molar-refractivity contribution in [3.05, 3.63) is 87.6 Å². The van der Waals surface area contributed by atoms with Crippen molar-refractivity contribution >= 4 is 45.9 Å². The Labute approximate surface area is 186 Å². The van der Waals surface area contributed by atoms with Crippen molar-refractivity contribution in [2.45, 2.75) is 12.1 Å². The molecular formula is C22H16ClFN4O2S. The summed E-state index contributed by atoms with van der Waals surface area (Å²) < 4.78 is 14.6. The highest BCUT2D eigenvalue weighted by molar-refractivity contribution is 7.99. The first-order chi connectivity index (χ1) is 14.9. The van der Waals surface area contributed by atoms with Crippen molar-refractivity contribution < 1.29 is 9.18 Å². The number of para-hydroxylation sites is 1. The van der Waals surface area contributed by atoms with E-state index in [2.05, 4.69) is 15.3 Å². The zero-order valence-electron chi connectivity index (χ0n) is 16.3. The summed E-state index contributed by atoms with van der Waals surface area (Å²) in [6, 6.07) is 14.3. The van der Waals surface area contributed by atoms with E-state index in [4.69, 9.17) is 11.6 Å². The number of aromatic nitrogens is 3. The van der Waals surface area contributed by atoms with Crippen LogP contribution in [-0.4, -0.2) is 26.2 Å². The fourth-order valence-corrected chi connectivity index (χ4v) is 3.93. The molecule has 0 radical (unpaired) electrons. The van der Waals surface area contributed by atoms with Gasteiger partial charge in [-0.25, -0.2) is 18.9 Å². The van der Waals surface area contributed by atoms with Crippen molar-refractivity contribution in [3.8, 4) is 5.82 Å². The van der Waals surface area contributed by atoms with E-state index in [1.54, 1.807) is 36.5 Å². The SMILES string of the molecule is Cc1ccc(-n2c(SCC(=O)Nc3ccc(F)cc3Cl)nc3ccccc3c2=O)nc1. The molecule has 4 rings (SSSR count). The van der Waals surface area contributed by atoms with Crippen LogP contribution in [-0.2, 0) is 4.79 Å². The molecule has 2 aromatic carbocycles. The lowest BCUT2D eigenvalue weighted by atomic mass is 10.2. The Morgan fingerprint density at radius 1 is 1.19 bits per heavy atom. The van der Waals surface area contributed by atoms with E-state index in [1.165, 1.54) is 16.7 Å². The minimum absolute atomic E-state index is 0.0374. The molecule has 2 heterocycles. The van der Waals surface area contributed by atoms with Gasteiger partial charge in [0.1, 0.15) is 11.6 Å². The minimum atomic E-state index is -0.493. The smallest absolute Gasteiger partial charge is 0.267 e. The molecule has 0 aliphatic carbocycles. The molecular weight excluding hydrogens is 439 g/mol. The third kappa shape index (κ3) is 4.60. The Hall–Kier alpha value is -3.23. The number of fused-ring (bicyclic) bond motifs is 1. The van der Waals surface area contributed by atoms with E-state index in [9.17, 15) is 14.0 Å². The number of hydrogen-bond donors (Lipinski definition) is 1. The maximum absolute atomic E-state index is 13.2. The van der Waals surface area contributed by atoms with E-state index in [0.29, 0.717) is 27.6 Å². The number of carbonyl (C=O) groups excluding carboxylic acids is 1. The molecule has 2 aromatic heterocycles. The molecule has 0 aliphatic heterocycles. The number of halogens is 2. The van der Waals surface area contributed by atoms with Crippen LogP contribution in [0.25, 0.3) is 16.7 Å². The number of thioether (sulfide) groups is 1. The number of nitrogens with zero attached hydrogens (tertiary/aromatic N) is 3. The van der Waals surface area contributed by atoms with Crippen LogP contribution in [0.5, 0.6) is 0 Å². The van der Waals surface area contributed by atoms with Gasteiger partial charge in [0.05, 0.1) is 27.4 Å². The van der Waals surface area contributed by atoms with E-state index in [0.717, 1.165) is 23.4 Å². The van der Waals surface area contributed by atoms with E-state index in [-0.39, 0.29) is 22.2 Å². The molecule has 6 nitrogen and oxygen atoms in total. The molecule has 9 heteroatoms. The first kappa shape index (κ1) is 21.0. The van der Waals surface area contributed by atoms with Gasteiger partial charge in [0.2, 0.25) is 5.91 Å². The molecule has 0 bridgehead atoms. The Morgan fingerprint density at radius 3 is 2.74 bits per heavy atom. The van der Waals surface area contributed by atoms with Gasteiger partial charge in [0.15, 0.2) is 5.16 Å². The molecule has 0 spiro atoms. The summed E-state index contributed by atoms with van der Waals surface area (Å²) in [6.07, 6.45) is 1.66. The van der Waals surface area contributed by atoms with Gasteiger partial charge in [-0.1, -0.05) is 41.6 Å². The fourth-order valence-electron chi connectivity index (χ4n) is 2.91. The Bertz CT molecular complexity index is 1340. The van der Waals surface area contributed by atoms with Gasteiger partial charge < -0.3 is 5.32 Å². The summed E-state index contributed by atoms with van der Waals surface area (Å²) in [5.74, 6) is -0.486. The highest BCUT2D eigenvalue weighted by Crippen LogP contribution is 2.24. The second kappa shape index (κ2) is 8.87. The zero-order chi connectivity index (χ0) is 22.0. The van der Waals surface area contributed by atoms with Crippen LogP contribution in [0.2, 0.25) is 5.02 Å². The van der Waals surface area contributed by atoms with Gasteiger partial charge in [-0.3, -0.25) is 9.59 Å². The van der Waals surface area contributed by atoms with Gasteiger partial charge in [0.25, 0.3) is 5.56 Å². The summed E-state index contributed by atoms with van der Waals surface area (Å²) in [5, 5.41) is 3.53. The van der Waals surface area contributed by atoms with Crippen molar-refractivity contribution in [1.82, 2.24) is 14.5 Å². The second-order valence-electron chi connectivity index (χ2n) is 6.71. The fraction of sp³-hybridized carbons (Fsp3) is 0.0909. The number of rotatable bonds is 5. The van der Waals surface area contributed by atoms with Gasteiger partial charge in [-0.05, 0) is 48.9 Å². The minimum Gasteiger partial charge on any atom is -0.324 e. The average Bonchev–Trinajstić information content (AvgIpc) is 2.75. The van der Waals surface area contributed by atoms with Crippen LogP contribution >= 0.6 is 23.4 Å². The number of carbonyl (C=O) groups is 1. The summed E-state index contributed by atoms with van der Waals surface area (Å²) in [5.41, 5.74) is 1.51. The molecule has 1 N–H and O–H groups in total. The number of amides is 1. The van der Waals surface area contributed by atoms with Crippen LogP contribution in [0.15, 0.2) is 70.7 Å². The van der Waals surface area contributed by atoms with Crippen LogP contribution in [0.4, 0.5) is 10.1 Å². The van der Waals surface area contributed by atoms with Crippen molar-refractivity contribution in [3.63, 3.8) is 0 Å². The molecule has 4 aromatic rings. The van der Waals surface area contributed by atoms with Gasteiger partial charge in [-0.2, -0.15) is 0 Å². The molecule has 31 heavy (non-hydrogen) atoms. The third-order valence-corrected chi connectivity index (χ3v) is 5.66. The largest absolute Gasteiger partial charge is 0.324 e. The molecule has 1 amide bonds. The summed E-state index contributed by atoms with van der Waals surface area (Å²) in [6.45, 7) is 1.90. The molecule has 0 fully saturated rings. The van der Waals surface area contributed by atoms with Crippen LogP contribution in [0.3, 0.4) is 0 Å². The first-order valence-corrected chi connectivity index (χ1v) is 10.6. The molecule has 0 atom stereocenters. The van der Waals surface area contributed by atoms with Crippen molar-refractivity contribution in [2.75, 3.05) is 11.1 Å². The predicted molar refractivity (Wildman–Crippen MR) is 121 cm³/mol. The second-order valence-corrected chi connectivity index (χ2v) is 8.06. The normalized spacial score (nSPS) is 10.9. The highest BCUT2D eigenvalue weighted by Gasteiger charge is 2.16. The van der Waals surface area contributed by atoms with Crippen LogP contribution < -0.4 is 10.9 Å². The maximum atomic E-state index is 13.2. The summed E-state index contributed by atoms with van der Waals surface area (Å²) in [7, 11) is 0. The molecule has 0 saturated heterocycles. The predicted octanol–water partition coefficient (Wildman–Crippen LogP) is 4.61. The van der Waals surface area contributed by atoms with E-state index < -0.39 is 5.82 Å². The molecule has 0 saturated carbocycles. The molecule has 156 valence electrons. The zero-order valence-corrected chi connectivity index (χ0v) is 17.9. The lowest BCUT2D eigenvalue weighted by molar-refractivity contribution is -0.113. The van der Waals surface area contributed by atoms with Gasteiger partial charge in [-0.15, -0.1) is 0 Å². The highest BCUT2D eigenvalue weighted by atomic mass is 35.5. The monoisotopic (exact) mass is 454 g/mol. The summed E-state index contributed by atoms with van der Waals surface area (Å²) >= 11 is 7.06. The maximum Gasteiger partial charge on any atom is 0.267 e. The van der Waals surface area contributed by atoms with Crippen LogP contribution in [0, 0.1) is 12.7 Å². The lowest BCUT2D eigenvalue weighted by Crippen LogP contribution is -2.23. The number of benzene rings is 2. The number of aryl methyl sites for hydroxylation is 1. The van der Waals surface area contributed by atoms with Gasteiger partial charge >= 0.3 is 0 Å². The number of hydrogen-bond acceptors (Lipinski definition) is 5. The van der Waals surface area contributed by atoms with Gasteiger partial charge in [0, 0.05) is 6.20 Å². The standard InChI is InChI=1S/C22H16ClFN4O2S/c1-13-6-9-19(25-11-13)28-21(30)15-4-2-3-5-17(15)27-22(28)31-12-20(29)26-18-8-7-14(24)10-16(18)23/h2-11H,12H2,1H3,(H,26,29). The first-order valence-electron chi connectivity index (χ1n) is 9.25. The average molecular weight is 455 g/mol. The van der Waals surface area contributed by atoms with Crippen molar-refractivity contribution in [1.29, 1.82) is 0 Å². The summed E-state index contributed by atoms with van der Waals surface area (Å²) in [4.78, 5) is 34.5. The lowest BCUT2D eigenvalue weighted by Gasteiger charge is -2.13. The number of pyridine rings is 1. The van der Waals surface area contributed by atoms with Crippen LogP contribution in [0.1, 0.15) is 5.56 Å². The van der Waals surface area contributed by atoms with E-state index in [1.807, 2.05) is 13.0 Å². The Kier molecular flexibility index (Phi) is 6.01. The Morgan fingerprint density at radius 2 is 2.00 bits per heavy atom. The number of nitrogens with one attached hydrogen (secondary N) is 1. The third-order valence-electron chi connectivity index (χ3n) is 4.41. The quantitative estimate of drug-likeness (QED) is 0.352. The molecule has 0 aliphatic rings. The van der Waals surface area contributed by atoms with E-state index >= 15 is 0 Å². The molecule has 0 unspecified atom stereocenters.